The Morgan fingerprint density at radius 2 is 1.82 bits per heavy atom. The fourth-order valence-corrected chi connectivity index (χ4v) is 1.89. The molecule has 0 unspecified atom stereocenters. The molecule has 1 heterocycles. The van der Waals surface area contributed by atoms with E-state index in [0.29, 0.717) is 5.13 Å². The number of hydrogen-bond donors (Lipinski definition) is 0. The van der Waals surface area contributed by atoms with Gasteiger partial charge in [0, 0.05) is 30.9 Å². The van der Waals surface area contributed by atoms with Gasteiger partial charge in [0.15, 0.2) is 0 Å². The van der Waals surface area contributed by atoms with Gasteiger partial charge < -0.3 is 4.90 Å². The number of hydrogen-bond acceptors (Lipinski definition) is 5. The zero-order chi connectivity index (χ0) is 12.3. The average molecular weight is 246 g/mol. The van der Waals surface area contributed by atoms with E-state index in [1.165, 1.54) is 11.3 Å². The van der Waals surface area contributed by atoms with Gasteiger partial charge in [0.05, 0.1) is 5.69 Å². The van der Waals surface area contributed by atoms with Gasteiger partial charge in [-0.3, -0.25) is 0 Å². The molecule has 0 atom stereocenters. The second-order valence-electron chi connectivity index (χ2n) is 3.86. The molecule has 5 heteroatoms. The Kier molecular flexibility index (Phi) is 3.49. The maximum absolute atomic E-state index is 4.14. The Labute approximate surface area is 105 Å². The predicted octanol–water partition coefficient (Wildman–Crippen LogP) is 3.93. The first-order valence-electron chi connectivity index (χ1n) is 5.27. The van der Waals surface area contributed by atoms with Crippen molar-refractivity contribution in [2.45, 2.75) is 6.92 Å². The van der Waals surface area contributed by atoms with E-state index in [0.717, 1.165) is 16.3 Å². The van der Waals surface area contributed by atoms with E-state index in [4.69, 9.17) is 0 Å². The third-order valence-electron chi connectivity index (χ3n) is 2.23. The minimum atomic E-state index is 0.694. The lowest BCUT2D eigenvalue weighted by molar-refractivity contribution is 1.13. The van der Waals surface area contributed by atoms with Crippen LogP contribution in [0.15, 0.2) is 40.7 Å². The van der Waals surface area contributed by atoms with Gasteiger partial charge in [0.2, 0.25) is 5.13 Å². The molecule has 2 rings (SSSR count). The lowest BCUT2D eigenvalue weighted by Gasteiger charge is -2.11. The van der Waals surface area contributed by atoms with Crippen LogP contribution in [0.5, 0.6) is 0 Å². The first kappa shape index (κ1) is 11.7. The van der Waals surface area contributed by atoms with Crippen LogP contribution in [0.3, 0.4) is 0 Å². The average Bonchev–Trinajstić information content (AvgIpc) is 2.73. The number of thiazole rings is 1. The van der Waals surface area contributed by atoms with E-state index in [1.807, 2.05) is 50.2 Å². The highest BCUT2D eigenvalue weighted by atomic mass is 32.1. The van der Waals surface area contributed by atoms with Crippen LogP contribution in [0.2, 0.25) is 0 Å². The second-order valence-corrected chi connectivity index (χ2v) is 5.08. The van der Waals surface area contributed by atoms with Crippen molar-refractivity contribution in [3.63, 3.8) is 0 Å². The van der Waals surface area contributed by atoms with Gasteiger partial charge in [0.25, 0.3) is 0 Å². The van der Waals surface area contributed by atoms with E-state index >= 15 is 0 Å². The summed E-state index contributed by atoms with van der Waals surface area (Å²) in [4.78, 5) is 7.31. The Morgan fingerprint density at radius 3 is 2.35 bits per heavy atom. The third-order valence-corrected chi connectivity index (χ3v) is 3.02. The van der Waals surface area contributed by atoms with Crippen molar-refractivity contribution in [2.24, 2.45) is 10.2 Å². The number of aromatic nitrogens is 1. The summed E-state index contributed by atoms with van der Waals surface area (Å²) in [7, 11) is 4.02. The van der Waals surface area contributed by atoms with Crippen LogP contribution >= 0.6 is 11.3 Å². The van der Waals surface area contributed by atoms with Crippen molar-refractivity contribution in [3.05, 3.63) is 35.3 Å². The van der Waals surface area contributed by atoms with E-state index in [9.17, 15) is 0 Å². The normalized spacial score (nSPS) is 11.0. The fraction of sp³-hybridized carbons (Fsp3) is 0.250. The van der Waals surface area contributed by atoms with Crippen molar-refractivity contribution in [3.8, 4) is 0 Å². The van der Waals surface area contributed by atoms with E-state index in [2.05, 4.69) is 15.2 Å². The topological polar surface area (TPSA) is 40.9 Å². The van der Waals surface area contributed by atoms with E-state index in [1.54, 1.807) is 6.20 Å². The molecule has 4 nitrogen and oxygen atoms in total. The summed E-state index contributed by atoms with van der Waals surface area (Å²) in [6, 6.07) is 7.92. The van der Waals surface area contributed by atoms with Crippen LogP contribution in [0.1, 0.15) is 4.88 Å². The highest BCUT2D eigenvalue weighted by Gasteiger charge is 1.97. The molecule has 0 fully saturated rings. The molecule has 0 bridgehead atoms. The summed E-state index contributed by atoms with van der Waals surface area (Å²) in [6.07, 6.45) is 1.80. The molecule has 2 aromatic rings. The molecule has 0 amide bonds. The number of rotatable bonds is 3. The molecule has 0 spiro atoms. The van der Waals surface area contributed by atoms with Gasteiger partial charge in [-0.05, 0) is 31.2 Å². The Balaban J connectivity index is 2.11. The molecule has 1 aromatic heterocycles. The second kappa shape index (κ2) is 5.05. The quantitative estimate of drug-likeness (QED) is 0.770. The van der Waals surface area contributed by atoms with E-state index in [-0.39, 0.29) is 0 Å². The van der Waals surface area contributed by atoms with Crippen molar-refractivity contribution in [1.82, 2.24) is 4.98 Å². The highest BCUT2D eigenvalue weighted by molar-refractivity contribution is 7.15. The number of azo groups is 1. The van der Waals surface area contributed by atoms with Crippen LogP contribution in [-0.2, 0) is 0 Å². The Hall–Kier alpha value is -1.75. The van der Waals surface area contributed by atoms with E-state index < -0.39 is 0 Å². The standard InChI is InChI=1S/C12H14N4S/c1-9-8-13-12(17-9)15-14-10-4-6-11(7-5-10)16(2)3/h4-8H,1-3H3. The third kappa shape index (κ3) is 3.10. The zero-order valence-electron chi connectivity index (χ0n) is 10.1. The van der Waals surface area contributed by atoms with Crippen LogP contribution in [0, 0.1) is 6.92 Å². The summed E-state index contributed by atoms with van der Waals surface area (Å²) >= 11 is 1.54. The summed E-state index contributed by atoms with van der Waals surface area (Å²) < 4.78 is 0. The molecular formula is C12H14N4S. The molecular weight excluding hydrogens is 232 g/mol. The summed E-state index contributed by atoms with van der Waals surface area (Å²) in [5.41, 5.74) is 1.98. The number of anilines is 1. The molecule has 0 aliphatic carbocycles. The van der Waals surface area contributed by atoms with Crippen molar-refractivity contribution >= 4 is 27.8 Å². The van der Waals surface area contributed by atoms with Gasteiger partial charge >= 0.3 is 0 Å². The SMILES string of the molecule is Cc1cnc(N=Nc2ccc(N(C)C)cc2)s1. The molecule has 0 aliphatic rings. The first-order valence-corrected chi connectivity index (χ1v) is 6.08. The molecule has 0 N–H and O–H groups in total. The summed E-state index contributed by atoms with van der Waals surface area (Å²) in [5, 5.41) is 8.93. The van der Waals surface area contributed by atoms with Gasteiger partial charge in [-0.25, -0.2) is 4.98 Å². The van der Waals surface area contributed by atoms with Gasteiger partial charge in [0.1, 0.15) is 0 Å². The summed E-state index contributed by atoms with van der Waals surface area (Å²) in [6.45, 7) is 2.00. The van der Waals surface area contributed by atoms with Crippen molar-refractivity contribution < 1.29 is 0 Å². The molecule has 1 aromatic carbocycles. The molecule has 0 aliphatic heterocycles. The molecule has 0 saturated heterocycles. The van der Waals surface area contributed by atoms with Crippen LogP contribution < -0.4 is 4.90 Å². The zero-order valence-corrected chi connectivity index (χ0v) is 10.9. The first-order chi connectivity index (χ1) is 8.15. The highest BCUT2D eigenvalue weighted by Crippen LogP contribution is 2.24. The van der Waals surface area contributed by atoms with Gasteiger partial charge in [-0.15, -0.1) is 10.2 Å². The molecule has 0 radical (unpaired) electrons. The maximum atomic E-state index is 4.14. The number of benzene rings is 1. The van der Waals surface area contributed by atoms with Crippen LogP contribution in [0.4, 0.5) is 16.5 Å². The van der Waals surface area contributed by atoms with Gasteiger partial charge in [-0.1, -0.05) is 11.3 Å². The number of nitrogens with zero attached hydrogens (tertiary/aromatic N) is 4. The van der Waals surface area contributed by atoms with Gasteiger partial charge in [-0.2, -0.15) is 0 Å². The van der Waals surface area contributed by atoms with Crippen molar-refractivity contribution in [2.75, 3.05) is 19.0 Å². The van der Waals surface area contributed by atoms with Crippen LogP contribution in [0.25, 0.3) is 0 Å². The monoisotopic (exact) mass is 246 g/mol. The number of aryl methyl sites for hydroxylation is 1. The fourth-order valence-electron chi connectivity index (χ4n) is 1.31. The Morgan fingerprint density at radius 1 is 1.12 bits per heavy atom. The minimum absolute atomic E-state index is 0.694. The molecule has 0 saturated carbocycles. The molecule has 17 heavy (non-hydrogen) atoms. The smallest absolute Gasteiger partial charge is 0.230 e. The lowest BCUT2D eigenvalue weighted by atomic mass is 10.3. The molecule has 88 valence electrons. The summed E-state index contributed by atoms with van der Waals surface area (Å²) in [5.74, 6) is 0. The largest absolute Gasteiger partial charge is 0.378 e. The predicted molar refractivity (Wildman–Crippen MR) is 71.8 cm³/mol. The lowest BCUT2D eigenvalue weighted by Crippen LogP contribution is -2.07. The van der Waals surface area contributed by atoms with Crippen LogP contribution in [-0.4, -0.2) is 19.1 Å². The Bertz CT molecular complexity index is 514. The minimum Gasteiger partial charge on any atom is -0.378 e. The van der Waals surface area contributed by atoms with Crippen molar-refractivity contribution in [1.29, 1.82) is 0 Å². The maximum Gasteiger partial charge on any atom is 0.230 e.